The first-order valence-corrected chi connectivity index (χ1v) is 7.83. The van der Waals surface area contributed by atoms with E-state index in [1.54, 1.807) is 4.90 Å². The Morgan fingerprint density at radius 2 is 2.20 bits per heavy atom. The first-order valence-electron chi connectivity index (χ1n) is 7.83. The maximum Gasteiger partial charge on any atom is 0.410 e. The normalized spacial score (nSPS) is 20.4. The largest absolute Gasteiger partial charge is 0.444 e. The monoisotopic (exact) mass is 280 g/mol. The smallest absolute Gasteiger partial charge is 0.410 e. The van der Waals surface area contributed by atoms with Crippen LogP contribution in [0.25, 0.3) is 0 Å². The van der Waals surface area contributed by atoms with E-state index in [4.69, 9.17) is 4.74 Å². The Morgan fingerprint density at radius 1 is 1.45 bits per heavy atom. The van der Waals surface area contributed by atoms with Crippen molar-refractivity contribution in [2.45, 2.75) is 64.5 Å². The zero-order valence-corrected chi connectivity index (χ0v) is 13.1. The van der Waals surface area contributed by atoms with Gasteiger partial charge in [-0.15, -0.1) is 0 Å². The Bertz CT molecular complexity index is 367. The zero-order valence-electron chi connectivity index (χ0n) is 13.1. The van der Waals surface area contributed by atoms with Crippen molar-refractivity contribution in [2.75, 3.05) is 19.6 Å². The number of nitrogens with one attached hydrogen (secondary N) is 1. The van der Waals surface area contributed by atoms with Crippen molar-refractivity contribution in [2.24, 2.45) is 0 Å². The van der Waals surface area contributed by atoms with Gasteiger partial charge < -0.3 is 15.0 Å². The Kier molecular flexibility index (Phi) is 5.08. The van der Waals surface area contributed by atoms with Crippen LogP contribution in [0.2, 0.25) is 0 Å². The van der Waals surface area contributed by atoms with Gasteiger partial charge in [0.25, 0.3) is 0 Å². The molecule has 0 aromatic carbocycles. The first kappa shape index (κ1) is 15.4. The minimum absolute atomic E-state index is 0.194. The van der Waals surface area contributed by atoms with E-state index in [1.165, 1.54) is 24.8 Å². The molecule has 1 saturated carbocycles. The third kappa shape index (κ3) is 4.82. The van der Waals surface area contributed by atoms with E-state index in [0.29, 0.717) is 6.54 Å². The van der Waals surface area contributed by atoms with Crippen LogP contribution in [0.15, 0.2) is 11.6 Å². The van der Waals surface area contributed by atoms with Crippen LogP contribution in [0.1, 0.15) is 52.9 Å². The summed E-state index contributed by atoms with van der Waals surface area (Å²) >= 11 is 0. The maximum atomic E-state index is 11.9. The number of amides is 1. The van der Waals surface area contributed by atoms with Gasteiger partial charge >= 0.3 is 6.09 Å². The molecule has 1 heterocycles. The van der Waals surface area contributed by atoms with Gasteiger partial charge in [-0.25, -0.2) is 4.79 Å². The molecule has 0 aromatic rings. The average Bonchev–Trinajstić information content (AvgIpc) is 2.31. The topological polar surface area (TPSA) is 41.6 Å². The second-order valence-corrected chi connectivity index (χ2v) is 6.87. The molecule has 2 aliphatic rings. The molecule has 4 nitrogen and oxygen atoms in total. The molecule has 0 atom stereocenters. The molecule has 1 fully saturated rings. The molecule has 1 aliphatic carbocycles. The van der Waals surface area contributed by atoms with E-state index >= 15 is 0 Å². The van der Waals surface area contributed by atoms with E-state index < -0.39 is 5.60 Å². The molecule has 0 aromatic heterocycles. The minimum atomic E-state index is -0.409. The standard InChI is InChI=1S/C16H28N2O2/c1-16(2,3)20-15(19)18-11-8-13(9-12-18)7-10-17-14-5-4-6-14/h8,14,17H,4-7,9-12H2,1-3H3. The fourth-order valence-corrected chi connectivity index (χ4v) is 2.48. The van der Waals surface area contributed by atoms with Crippen LogP contribution in [-0.2, 0) is 4.74 Å². The Hall–Kier alpha value is -1.03. The van der Waals surface area contributed by atoms with Crippen molar-refractivity contribution < 1.29 is 9.53 Å². The third-order valence-electron chi connectivity index (χ3n) is 3.94. The highest BCUT2D eigenvalue weighted by molar-refractivity contribution is 5.68. The van der Waals surface area contributed by atoms with Gasteiger partial charge in [0.15, 0.2) is 0 Å². The van der Waals surface area contributed by atoms with Gasteiger partial charge in [-0.1, -0.05) is 18.1 Å². The summed E-state index contributed by atoms with van der Waals surface area (Å²) in [7, 11) is 0. The number of nitrogens with zero attached hydrogens (tertiary/aromatic N) is 1. The molecule has 1 amide bonds. The molecular formula is C16H28N2O2. The van der Waals surface area contributed by atoms with Crippen molar-refractivity contribution in [1.82, 2.24) is 10.2 Å². The summed E-state index contributed by atoms with van der Waals surface area (Å²) < 4.78 is 5.39. The molecule has 0 spiro atoms. The SMILES string of the molecule is CC(C)(C)OC(=O)N1CC=C(CCNC2CCC2)CC1. The van der Waals surface area contributed by atoms with Crippen LogP contribution in [0.3, 0.4) is 0 Å². The van der Waals surface area contributed by atoms with Gasteiger partial charge in [-0.05, 0) is 53.0 Å². The third-order valence-corrected chi connectivity index (χ3v) is 3.94. The lowest BCUT2D eigenvalue weighted by Crippen LogP contribution is -2.39. The highest BCUT2D eigenvalue weighted by Gasteiger charge is 2.23. The molecule has 1 N–H and O–H groups in total. The lowest BCUT2D eigenvalue weighted by Gasteiger charge is -2.30. The van der Waals surface area contributed by atoms with Crippen molar-refractivity contribution in [3.8, 4) is 0 Å². The number of ether oxygens (including phenoxy) is 1. The number of hydrogen-bond acceptors (Lipinski definition) is 3. The van der Waals surface area contributed by atoms with Crippen LogP contribution in [0.4, 0.5) is 4.79 Å². The highest BCUT2D eigenvalue weighted by Crippen LogP contribution is 2.20. The number of carbonyl (C=O) groups excluding carboxylic acids is 1. The Balaban J connectivity index is 1.68. The predicted molar refractivity (Wildman–Crippen MR) is 80.8 cm³/mol. The molecule has 0 radical (unpaired) electrons. The fourth-order valence-electron chi connectivity index (χ4n) is 2.48. The van der Waals surface area contributed by atoms with E-state index in [2.05, 4.69) is 11.4 Å². The van der Waals surface area contributed by atoms with Crippen LogP contribution < -0.4 is 5.32 Å². The van der Waals surface area contributed by atoms with E-state index in [-0.39, 0.29) is 6.09 Å². The summed E-state index contributed by atoms with van der Waals surface area (Å²) in [6, 6.07) is 0.762. The molecule has 0 bridgehead atoms. The summed E-state index contributed by atoms with van der Waals surface area (Å²) in [5, 5.41) is 3.59. The number of carbonyl (C=O) groups is 1. The van der Waals surface area contributed by atoms with E-state index in [9.17, 15) is 4.79 Å². The quantitative estimate of drug-likeness (QED) is 0.805. The van der Waals surface area contributed by atoms with Crippen LogP contribution in [0.5, 0.6) is 0 Å². The van der Waals surface area contributed by atoms with Gasteiger partial charge in [0.2, 0.25) is 0 Å². The second kappa shape index (κ2) is 6.61. The summed E-state index contributed by atoms with van der Waals surface area (Å²) in [5.41, 5.74) is 1.06. The van der Waals surface area contributed by atoms with Gasteiger partial charge in [0.1, 0.15) is 5.60 Å². The van der Waals surface area contributed by atoms with E-state index in [0.717, 1.165) is 32.0 Å². The van der Waals surface area contributed by atoms with Gasteiger partial charge in [0.05, 0.1) is 0 Å². The highest BCUT2D eigenvalue weighted by atomic mass is 16.6. The fraction of sp³-hybridized carbons (Fsp3) is 0.812. The number of rotatable bonds is 4. The molecule has 114 valence electrons. The maximum absolute atomic E-state index is 11.9. The van der Waals surface area contributed by atoms with Crippen molar-refractivity contribution >= 4 is 6.09 Å². The lowest BCUT2D eigenvalue weighted by atomic mass is 9.93. The summed E-state index contributed by atoms with van der Waals surface area (Å²) in [6.07, 6.45) is 8.14. The summed E-state index contributed by atoms with van der Waals surface area (Å²) in [5.74, 6) is 0. The Labute approximate surface area is 122 Å². The summed E-state index contributed by atoms with van der Waals surface area (Å²) in [6.45, 7) is 8.26. The molecule has 1 aliphatic heterocycles. The van der Waals surface area contributed by atoms with Crippen molar-refractivity contribution in [1.29, 1.82) is 0 Å². The van der Waals surface area contributed by atoms with Crippen LogP contribution in [0, 0.1) is 0 Å². The van der Waals surface area contributed by atoms with Crippen molar-refractivity contribution in [3.63, 3.8) is 0 Å². The molecule has 20 heavy (non-hydrogen) atoms. The minimum Gasteiger partial charge on any atom is -0.444 e. The molecule has 0 unspecified atom stereocenters. The van der Waals surface area contributed by atoms with Gasteiger partial charge in [-0.2, -0.15) is 0 Å². The molecule has 2 rings (SSSR count). The number of hydrogen-bond donors (Lipinski definition) is 1. The summed E-state index contributed by atoms with van der Waals surface area (Å²) in [4.78, 5) is 13.7. The average molecular weight is 280 g/mol. The Morgan fingerprint density at radius 3 is 2.70 bits per heavy atom. The molecule has 0 saturated heterocycles. The first-order chi connectivity index (χ1) is 9.44. The molecule has 4 heteroatoms. The van der Waals surface area contributed by atoms with Gasteiger partial charge in [-0.3, -0.25) is 0 Å². The van der Waals surface area contributed by atoms with E-state index in [1.807, 2.05) is 20.8 Å². The van der Waals surface area contributed by atoms with Crippen LogP contribution in [-0.4, -0.2) is 42.3 Å². The second-order valence-electron chi connectivity index (χ2n) is 6.87. The van der Waals surface area contributed by atoms with Crippen molar-refractivity contribution in [3.05, 3.63) is 11.6 Å². The predicted octanol–water partition coefficient (Wildman–Crippen LogP) is 3.09. The molecular weight excluding hydrogens is 252 g/mol. The zero-order chi connectivity index (χ0) is 14.6. The van der Waals surface area contributed by atoms with Crippen LogP contribution >= 0.6 is 0 Å². The van der Waals surface area contributed by atoms with Gasteiger partial charge in [0, 0.05) is 19.1 Å². The lowest BCUT2D eigenvalue weighted by molar-refractivity contribution is 0.0265.